The van der Waals surface area contributed by atoms with Crippen molar-refractivity contribution in [2.75, 3.05) is 40.9 Å². The molecule has 388 valence electrons. The van der Waals surface area contributed by atoms with Crippen molar-refractivity contribution in [3.05, 3.63) is 122 Å². The molecule has 0 bridgehead atoms. The zero-order chi connectivity index (χ0) is 49.9. The molecule has 3 unspecified atom stereocenters. The number of carbonyl (C=O) groups excluding carboxylic acids is 1. The molecule has 3 N–H and O–H groups in total. The number of nitrogens with one attached hydrogen (secondary N) is 1. The van der Waals surface area contributed by atoms with Gasteiger partial charge < -0.3 is 19.8 Å². The third-order valence-corrected chi connectivity index (χ3v) is 12.1. The molecular weight excluding hydrogens is 864 g/mol. The summed E-state index contributed by atoms with van der Waals surface area (Å²) in [6.07, 6.45) is 72.9. The lowest BCUT2D eigenvalue weighted by Gasteiger charge is -2.25. The number of phosphoric ester groups is 1. The summed E-state index contributed by atoms with van der Waals surface area (Å²) in [7, 11) is 1.52. The molecule has 0 aromatic rings. The number of hydrogen-bond acceptors (Lipinski definition) is 5. The van der Waals surface area contributed by atoms with E-state index < -0.39 is 20.0 Å². The second-order valence-electron chi connectivity index (χ2n) is 18.9. The van der Waals surface area contributed by atoms with Gasteiger partial charge in [0.15, 0.2) is 0 Å². The van der Waals surface area contributed by atoms with Crippen molar-refractivity contribution in [1.82, 2.24) is 5.32 Å². The van der Waals surface area contributed by atoms with Crippen molar-refractivity contribution in [3.63, 3.8) is 0 Å². The fraction of sp³-hybridized carbons (Fsp3) is 0.644. The van der Waals surface area contributed by atoms with Gasteiger partial charge in [0.05, 0.1) is 39.9 Å². The summed E-state index contributed by atoms with van der Waals surface area (Å²) in [6.45, 7) is 4.64. The number of aliphatic hydroxyl groups is 1. The van der Waals surface area contributed by atoms with Crippen LogP contribution < -0.4 is 5.32 Å². The highest BCUT2D eigenvalue weighted by atomic mass is 31.2. The molecule has 0 aliphatic carbocycles. The molecule has 1 amide bonds. The fourth-order valence-electron chi connectivity index (χ4n) is 6.95. The lowest BCUT2D eigenvalue weighted by molar-refractivity contribution is -0.870. The zero-order valence-electron chi connectivity index (χ0n) is 44.0. The van der Waals surface area contributed by atoms with Crippen molar-refractivity contribution < 1.29 is 32.9 Å². The van der Waals surface area contributed by atoms with Crippen LogP contribution in [0.25, 0.3) is 0 Å². The lowest BCUT2D eigenvalue weighted by atomic mass is 10.1. The topological polar surface area (TPSA) is 105 Å². The highest BCUT2D eigenvalue weighted by Crippen LogP contribution is 2.43. The number of rotatable bonds is 47. The highest BCUT2D eigenvalue weighted by Gasteiger charge is 2.27. The molecule has 0 aromatic heterocycles. The molecular formula is C59H102N2O6P+. The van der Waals surface area contributed by atoms with Crippen LogP contribution in [0.2, 0.25) is 0 Å². The Balaban J connectivity index is 4.32. The molecule has 0 rings (SSSR count). The van der Waals surface area contributed by atoms with Crippen LogP contribution in [0, 0.1) is 0 Å². The van der Waals surface area contributed by atoms with E-state index in [1.807, 2.05) is 27.2 Å². The van der Waals surface area contributed by atoms with Crippen molar-refractivity contribution in [1.29, 1.82) is 0 Å². The van der Waals surface area contributed by atoms with E-state index in [0.29, 0.717) is 17.4 Å². The number of carbonyl (C=O) groups is 1. The molecule has 0 radical (unpaired) electrons. The summed E-state index contributed by atoms with van der Waals surface area (Å²) in [5.41, 5.74) is 0. The minimum Gasteiger partial charge on any atom is -0.387 e. The molecule has 9 heteroatoms. The molecule has 0 aromatic carbocycles. The normalized spacial score (nSPS) is 15.0. The van der Waals surface area contributed by atoms with Crippen LogP contribution in [0.1, 0.15) is 194 Å². The predicted molar refractivity (Wildman–Crippen MR) is 295 cm³/mol. The van der Waals surface area contributed by atoms with Gasteiger partial charge in [-0.2, -0.15) is 0 Å². The number of amides is 1. The highest BCUT2D eigenvalue weighted by molar-refractivity contribution is 7.47. The molecule has 0 saturated heterocycles. The van der Waals surface area contributed by atoms with Gasteiger partial charge in [0, 0.05) is 6.42 Å². The number of hydrogen-bond donors (Lipinski definition) is 3. The van der Waals surface area contributed by atoms with Crippen LogP contribution >= 0.6 is 7.82 Å². The molecule has 0 spiro atoms. The predicted octanol–water partition coefficient (Wildman–Crippen LogP) is 16.2. The van der Waals surface area contributed by atoms with E-state index in [4.69, 9.17) is 9.05 Å². The Morgan fingerprint density at radius 2 is 0.897 bits per heavy atom. The third kappa shape index (κ3) is 50.8. The van der Waals surface area contributed by atoms with Gasteiger partial charge in [0.1, 0.15) is 13.2 Å². The molecule has 3 atom stereocenters. The van der Waals surface area contributed by atoms with Crippen molar-refractivity contribution in [2.24, 2.45) is 0 Å². The number of phosphoric acid groups is 1. The Morgan fingerprint density at radius 3 is 1.35 bits per heavy atom. The SMILES string of the molecule is CC/C=C\C/C=C\C/C=C\C/C=C\C/C=C\C/C=C\C/C=C\C/C=C\CCCCCCCCC(=O)NC(COP(=O)(O)OCC[N+](C)(C)C)C(O)/C=C/CC/C=C/CCCCCCCCCCC. The first-order valence-corrected chi connectivity index (χ1v) is 28.4. The van der Waals surface area contributed by atoms with Crippen LogP contribution in [0.5, 0.6) is 0 Å². The maximum absolute atomic E-state index is 12.9. The number of allylic oxidation sites excluding steroid dienone is 19. The van der Waals surface area contributed by atoms with Crippen molar-refractivity contribution in [2.45, 2.75) is 206 Å². The van der Waals surface area contributed by atoms with E-state index in [1.54, 1.807) is 6.08 Å². The van der Waals surface area contributed by atoms with E-state index in [2.05, 4.69) is 129 Å². The van der Waals surface area contributed by atoms with Crippen LogP contribution in [0.4, 0.5) is 0 Å². The smallest absolute Gasteiger partial charge is 0.387 e. The molecule has 0 fully saturated rings. The average molecular weight is 966 g/mol. The van der Waals surface area contributed by atoms with Gasteiger partial charge in [0.25, 0.3) is 0 Å². The second kappa shape index (κ2) is 48.9. The standard InChI is InChI=1S/C59H101N2O6P/c1-6-8-10-12-14-16-18-20-22-23-24-25-26-27-28-29-30-31-32-33-34-35-36-37-39-41-43-45-47-49-51-53-59(63)60-57(56-67-68(64,65)66-55-54-61(3,4)5)58(62)52-50-48-46-44-42-40-38-21-19-17-15-13-11-9-7-2/h8,10,14,16,20,22,24-25,27-28,30-31,33-34,36-37,42,44,50,52,57-58,62H,6-7,9,11-13,15,17-19,21,23,26,29,32,35,38-41,43,45-49,51,53-56H2,1-5H3,(H-,60,63,64,65)/p+1/b10-8-,16-14-,22-20-,25-24-,28-27-,31-30-,34-33-,37-36-,44-42+,52-50+. The number of unbranched alkanes of at least 4 members (excludes halogenated alkanes) is 16. The summed E-state index contributed by atoms with van der Waals surface area (Å²) < 4.78 is 23.6. The minimum atomic E-state index is -4.36. The zero-order valence-corrected chi connectivity index (χ0v) is 44.9. The van der Waals surface area contributed by atoms with E-state index in [0.717, 1.165) is 109 Å². The first-order valence-electron chi connectivity index (χ1n) is 26.9. The van der Waals surface area contributed by atoms with Crippen LogP contribution in [-0.4, -0.2) is 73.4 Å². The van der Waals surface area contributed by atoms with Gasteiger partial charge >= 0.3 is 7.82 Å². The van der Waals surface area contributed by atoms with E-state index in [1.165, 1.54) is 64.2 Å². The second-order valence-corrected chi connectivity index (χ2v) is 20.3. The maximum Gasteiger partial charge on any atom is 0.472 e. The van der Waals surface area contributed by atoms with Gasteiger partial charge in [0.2, 0.25) is 5.91 Å². The molecule has 0 aliphatic rings. The summed E-state index contributed by atoms with van der Waals surface area (Å²) in [5.74, 6) is -0.208. The Hall–Kier alpha value is -3.10. The Labute approximate surface area is 418 Å². The van der Waals surface area contributed by atoms with Gasteiger partial charge in [-0.05, 0) is 96.3 Å². The molecule has 8 nitrogen and oxygen atoms in total. The first-order chi connectivity index (χ1) is 33.0. The van der Waals surface area contributed by atoms with E-state index in [-0.39, 0.29) is 19.1 Å². The fourth-order valence-corrected chi connectivity index (χ4v) is 7.69. The van der Waals surface area contributed by atoms with E-state index in [9.17, 15) is 19.4 Å². The van der Waals surface area contributed by atoms with Gasteiger partial charge in [-0.3, -0.25) is 13.8 Å². The largest absolute Gasteiger partial charge is 0.472 e. The van der Waals surface area contributed by atoms with Gasteiger partial charge in [-0.1, -0.05) is 212 Å². The molecule has 0 heterocycles. The minimum absolute atomic E-state index is 0.0462. The van der Waals surface area contributed by atoms with Crippen LogP contribution in [0.3, 0.4) is 0 Å². The summed E-state index contributed by atoms with van der Waals surface area (Å²) in [6, 6.07) is -0.880. The summed E-state index contributed by atoms with van der Waals surface area (Å²) >= 11 is 0. The number of likely N-dealkylation sites (N-methyl/N-ethyl adjacent to an activating group) is 1. The number of aliphatic hydroxyl groups excluding tert-OH is 1. The van der Waals surface area contributed by atoms with Gasteiger partial charge in [-0.15, -0.1) is 0 Å². The first kappa shape index (κ1) is 64.9. The Bertz CT molecular complexity index is 1510. The number of quaternary nitrogens is 1. The van der Waals surface area contributed by atoms with Gasteiger partial charge in [-0.25, -0.2) is 4.57 Å². The maximum atomic E-state index is 12.9. The van der Waals surface area contributed by atoms with Crippen molar-refractivity contribution in [3.8, 4) is 0 Å². The average Bonchev–Trinajstić information content (AvgIpc) is 3.30. The lowest BCUT2D eigenvalue weighted by Crippen LogP contribution is -2.45. The number of nitrogens with zero attached hydrogens (tertiary/aromatic N) is 1. The molecule has 0 aliphatic heterocycles. The quantitative estimate of drug-likeness (QED) is 0.0243. The monoisotopic (exact) mass is 966 g/mol. The van der Waals surface area contributed by atoms with Crippen molar-refractivity contribution >= 4 is 13.7 Å². The van der Waals surface area contributed by atoms with Crippen LogP contribution in [0.15, 0.2) is 122 Å². The third-order valence-electron chi connectivity index (χ3n) is 11.2. The summed E-state index contributed by atoms with van der Waals surface area (Å²) in [4.78, 5) is 23.2. The molecule has 0 saturated carbocycles. The van der Waals surface area contributed by atoms with Crippen LogP contribution in [-0.2, 0) is 18.4 Å². The molecule has 68 heavy (non-hydrogen) atoms. The Kier molecular flexibility index (Phi) is 46.7. The van der Waals surface area contributed by atoms with E-state index >= 15 is 0 Å². The Morgan fingerprint density at radius 1 is 0.515 bits per heavy atom. The summed E-state index contributed by atoms with van der Waals surface area (Å²) in [5, 5.41) is 13.9.